The van der Waals surface area contributed by atoms with Crippen LogP contribution in [0.25, 0.3) is 0 Å². The number of ether oxygens (including phenoxy) is 1. The maximum atomic E-state index is 13.4. The van der Waals surface area contributed by atoms with Crippen LogP contribution in [0.1, 0.15) is 138 Å². The van der Waals surface area contributed by atoms with Crippen LogP contribution >= 0.6 is 0 Å². The number of nitrogens with zero attached hydrogens (tertiary/aromatic N) is 1. The molecule has 7 heteroatoms. The van der Waals surface area contributed by atoms with Crippen molar-refractivity contribution in [2.75, 3.05) is 0 Å². The van der Waals surface area contributed by atoms with Gasteiger partial charge in [0.25, 0.3) is 0 Å². The minimum absolute atomic E-state index is 0.0463. The first-order valence-corrected chi connectivity index (χ1v) is 17.9. The Morgan fingerprint density at radius 1 is 1.00 bits per heavy atom. The highest BCUT2D eigenvalue weighted by Gasteiger charge is 2.54. The van der Waals surface area contributed by atoms with E-state index < -0.39 is 31.8 Å². The normalized spacial score (nSPS) is 24.0. The van der Waals surface area contributed by atoms with Crippen LogP contribution in [-0.2, 0) is 27.4 Å². The summed E-state index contributed by atoms with van der Waals surface area (Å²) in [6.45, 7) is 20.4. The topological polar surface area (TPSA) is 31.4 Å². The molecule has 0 bridgehead atoms. The number of hydrogen-bond acceptors (Lipinski definition) is 3. The molecule has 2 aliphatic carbocycles. The molecule has 1 saturated carbocycles. The third kappa shape index (κ3) is 5.09. The number of pyridine rings is 1. The number of rotatable bonds is 4. The van der Waals surface area contributed by atoms with Crippen molar-refractivity contribution in [2.24, 2.45) is 5.41 Å². The number of halogens is 3. The second kappa shape index (κ2) is 9.67. The molecule has 2 aromatic rings. The first kappa shape index (κ1) is 29.8. The van der Waals surface area contributed by atoms with Crippen molar-refractivity contribution in [3.63, 3.8) is 0 Å². The molecule has 1 aliphatic heterocycles. The zero-order valence-corrected chi connectivity index (χ0v) is 26.7. The van der Waals surface area contributed by atoms with Crippen LogP contribution in [0.4, 0.5) is 13.2 Å². The highest BCUT2D eigenvalue weighted by Crippen LogP contribution is 2.60. The summed E-state index contributed by atoms with van der Waals surface area (Å²) in [7, 11) is -2.12. The lowest BCUT2D eigenvalue weighted by molar-refractivity contribution is -0.137. The summed E-state index contributed by atoms with van der Waals surface area (Å²) in [5.41, 5.74) is 5.43. The molecule has 0 amide bonds. The zero-order valence-electron chi connectivity index (χ0n) is 25.7. The van der Waals surface area contributed by atoms with Gasteiger partial charge >= 0.3 is 6.18 Å². The van der Waals surface area contributed by atoms with Crippen molar-refractivity contribution < 1.29 is 22.3 Å². The fourth-order valence-electron chi connectivity index (χ4n) is 6.86. The van der Waals surface area contributed by atoms with Gasteiger partial charge in [0, 0.05) is 22.5 Å². The van der Waals surface area contributed by atoms with Crippen LogP contribution in [0.5, 0.6) is 0 Å². The average molecular weight is 574 g/mol. The van der Waals surface area contributed by atoms with Crippen molar-refractivity contribution >= 4 is 8.32 Å². The molecule has 40 heavy (non-hydrogen) atoms. The van der Waals surface area contributed by atoms with Gasteiger partial charge in [-0.15, -0.1) is 0 Å². The van der Waals surface area contributed by atoms with Crippen LogP contribution < -0.4 is 0 Å². The van der Waals surface area contributed by atoms with Crippen LogP contribution in [0.2, 0.25) is 18.1 Å². The van der Waals surface area contributed by atoms with Gasteiger partial charge in [-0.3, -0.25) is 4.98 Å². The van der Waals surface area contributed by atoms with E-state index in [2.05, 4.69) is 61.6 Å². The van der Waals surface area contributed by atoms with Gasteiger partial charge < -0.3 is 9.16 Å². The Labute approximate surface area is 239 Å². The van der Waals surface area contributed by atoms with Gasteiger partial charge in [-0.25, -0.2) is 0 Å². The number of fused-ring (bicyclic) bond motifs is 4. The molecule has 220 valence electrons. The number of aromatic nitrogens is 1. The fraction of sp³-hybridized carbons (Fsp3) is 0.667. The molecule has 1 spiro atoms. The van der Waals surface area contributed by atoms with E-state index in [1.807, 2.05) is 0 Å². The maximum Gasteiger partial charge on any atom is 0.416 e. The molecule has 5 rings (SSSR count). The van der Waals surface area contributed by atoms with Gasteiger partial charge in [0.1, 0.15) is 6.10 Å². The first-order valence-electron chi connectivity index (χ1n) is 15.0. The van der Waals surface area contributed by atoms with Gasteiger partial charge in [0.2, 0.25) is 0 Å². The Morgan fingerprint density at radius 2 is 1.60 bits per heavy atom. The predicted octanol–water partition coefficient (Wildman–Crippen LogP) is 10.1. The maximum absolute atomic E-state index is 13.4. The Morgan fingerprint density at radius 3 is 2.12 bits per heavy atom. The lowest BCUT2D eigenvalue weighted by Crippen LogP contribution is -2.44. The fourth-order valence-corrected chi connectivity index (χ4v) is 8.13. The first-order chi connectivity index (χ1) is 18.4. The smallest absolute Gasteiger partial charge is 0.410 e. The zero-order chi connectivity index (χ0) is 29.5. The number of hydrogen-bond donors (Lipinski definition) is 0. The van der Waals surface area contributed by atoms with E-state index in [0.717, 1.165) is 61.0 Å². The largest absolute Gasteiger partial charge is 0.416 e. The predicted molar refractivity (Wildman–Crippen MR) is 156 cm³/mol. The SMILES string of the molecule is CC(C)c1nc2c(c3c1[C@H](c1ccc(C(F)(F)F)cc1)OC31CCCC1)C(O[Si](C)(C)C(C)(C)C)CC(C)(C)C2. The molecule has 0 saturated heterocycles. The standard InChI is InChI=1S/C33H46F3NO2Si/c1-20(2)28-26-27(25-23(37-28)18-31(6,7)19-24(25)39-40(8,9)30(3,4)5)32(16-10-11-17-32)38-29(26)21-12-14-22(15-13-21)33(34,35)36/h12-15,20,24,29H,10-11,16-19H2,1-9H3/t24?,29-/m0/s1. The van der Waals surface area contributed by atoms with Gasteiger partial charge in [-0.2, -0.15) is 13.2 Å². The molecular weight excluding hydrogens is 527 g/mol. The van der Waals surface area contributed by atoms with E-state index in [0.29, 0.717) is 0 Å². The van der Waals surface area contributed by atoms with E-state index in [-0.39, 0.29) is 22.5 Å². The van der Waals surface area contributed by atoms with Gasteiger partial charge in [-0.1, -0.05) is 73.4 Å². The molecule has 2 atom stereocenters. The summed E-state index contributed by atoms with van der Waals surface area (Å²) in [6.07, 6.45) is 0.909. The van der Waals surface area contributed by atoms with Crippen LogP contribution in [-0.4, -0.2) is 13.3 Å². The van der Waals surface area contributed by atoms with Crippen LogP contribution in [0.15, 0.2) is 24.3 Å². The highest BCUT2D eigenvalue weighted by atomic mass is 28.4. The van der Waals surface area contributed by atoms with Crippen molar-refractivity contribution in [1.82, 2.24) is 4.98 Å². The third-order valence-corrected chi connectivity index (χ3v) is 14.4. The van der Waals surface area contributed by atoms with Gasteiger partial charge in [0.15, 0.2) is 8.32 Å². The van der Waals surface area contributed by atoms with E-state index in [1.54, 1.807) is 12.1 Å². The Hall–Kier alpha value is -1.70. The minimum Gasteiger partial charge on any atom is -0.410 e. The van der Waals surface area contributed by atoms with E-state index in [9.17, 15) is 13.2 Å². The number of benzene rings is 1. The highest BCUT2D eigenvalue weighted by molar-refractivity contribution is 6.74. The quantitative estimate of drug-likeness (QED) is 0.341. The molecule has 0 N–H and O–H groups in total. The summed E-state index contributed by atoms with van der Waals surface area (Å²) in [4.78, 5) is 5.39. The number of alkyl halides is 3. The van der Waals surface area contributed by atoms with E-state index in [4.69, 9.17) is 14.1 Å². The lowest BCUT2D eigenvalue weighted by Gasteiger charge is -2.45. The molecule has 1 unspecified atom stereocenters. The van der Waals surface area contributed by atoms with E-state index in [1.165, 1.54) is 23.3 Å². The summed E-state index contributed by atoms with van der Waals surface area (Å²) in [6, 6.07) is 5.57. The minimum atomic E-state index is -4.37. The van der Waals surface area contributed by atoms with Crippen LogP contribution in [0, 0.1) is 5.41 Å². The molecule has 2 heterocycles. The van der Waals surface area contributed by atoms with Crippen molar-refractivity contribution in [3.05, 3.63) is 63.5 Å². The van der Waals surface area contributed by atoms with E-state index >= 15 is 0 Å². The summed E-state index contributed by atoms with van der Waals surface area (Å²) < 4.78 is 54.6. The lowest BCUT2D eigenvalue weighted by atomic mass is 9.70. The van der Waals surface area contributed by atoms with Gasteiger partial charge in [-0.05, 0) is 78.4 Å². The Balaban J connectivity index is 1.75. The molecule has 3 aliphatic rings. The molecule has 3 nitrogen and oxygen atoms in total. The van der Waals surface area contributed by atoms with Crippen LogP contribution in [0.3, 0.4) is 0 Å². The third-order valence-electron chi connectivity index (χ3n) is 9.89. The second-order valence-electron chi connectivity index (χ2n) is 15.0. The van der Waals surface area contributed by atoms with Crippen molar-refractivity contribution in [2.45, 2.75) is 135 Å². The summed E-state index contributed by atoms with van der Waals surface area (Å²) in [5.74, 6) is 0.154. The monoisotopic (exact) mass is 573 g/mol. The molecule has 1 aromatic heterocycles. The molecule has 1 fully saturated rings. The summed E-state index contributed by atoms with van der Waals surface area (Å²) >= 11 is 0. The molecular formula is C33H46F3NO2Si. The summed E-state index contributed by atoms with van der Waals surface area (Å²) in [5, 5.41) is 0.0630. The molecule has 1 aromatic carbocycles. The van der Waals surface area contributed by atoms with Crippen molar-refractivity contribution in [1.29, 1.82) is 0 Å². The Bertz CT molecular complexity index is 1270. The van der Waals surface area contributed by atoms with Gasteiger partial charge in [0.05, 0.1) is 17.3 Å². The Kier molecular flexibility index (Phi) is 7.20. The second-order valence-corrected chi connectivity index (χ2v) is 19.8. The van der Waals surface area contributed by atoms with Crippen molar-refractivity contribution in [3.8, 4) is 0 Å². The molecule has 0 radical (unpaired) electrons. The average Bonchev–Trinajstić information content (AvgIpc) is 3.41.